The van der Waals surface area contributed by atoms with E-state index >= 15 is 0 Å². The van der Waals surface area contributed by atoms with E-state index in [0.29, 0.717) is 5.01 Å². The van der Waals surface area contributed by atoms with Crippen LogP contribution in [0.3, 0.4) is 0 Å². The van der Waals surface area contributed by atoms with E-state index < -0.39 is 20.3 Å². The van der Waals surface area contributed by atoms with Gasteiger partial charge in [0, 0.05) is 10.8 Å². The molecule has 126 valence electrons. The Morgan fingerprint density at radius 1 is 1.23 bits per heavy atom. The molecule has 0 aliphatic rings. The van der Waals surface area contributed by atoms with Crippen LogP contribution in [-0.4, -0.2) is 29.7 Å². The average Bonchev–Trinajstić information content (AvgIpc) is 2.75. The molecule has 1 rings (SSSR count). The number of Topliss-reactive ketones (excluding diaryl/α,β-unsaturated/α-hetero) is 1. The number of thiazole rings is 1. The Morgan fingerprint density at radius 2 is 1.77 bits per heavy atom. The molecule has 0 bridgehead atoms. The number of aromatic nitrogens is 1. The Labute approximate surface area is 138 Å². The van der Waals surface area contributed by atoms with Crippen molar-refractivity contribution in [1.82, 2.24) is 4.98 Å². The van der Waals surface area contributed by atoms with Gasteiger partial charge in [-0.15, -0.1) is 11.3 Å². The Morgan fingerprint density at radius 3 is 2.14 bits per heavy atom. The lowest BCUT2D eigenvalue weighted by molar-refractivity contribution is -0.118. The van der Waals surface area contributed by atoms with Crippen LogP contribution in [0.4, 0.5) is 0 Å². The van der Waals surface area contributed by atoms with Crippen LogP contribution < -0.4 is 0 Å². The molecule has 0 fully saturated rings. The number of carbonyl (C=O) groups is 1. The molecule has 0 radical (unpaired) electrons. The molecule has 1 aromatic rings. The fraction of sp³-hybridized carbons (Fsp3) is 0.750. The van der Waals surface area contributed by atoms with Crippen molar-refractivity contribution in [3.63, 3.8) is 0 Å². The molecule has 0 N–H and O–H groups in total. The lowest BCUT2D eigenvalue weighted by Crippen LogP contribution is -2.40. The second-order valence-corrected chi connectivity index (χ2v) is 10.9. The first-order valence-electron chi connectivity index (χ1n) is 7.57. The molecular formula is C16H27NO3S2. The molecule has 1 heterocycles. The average molecular weight is 346 g/mol. The van der Waals surface area contributed by atoms with Gasteiger partial charge in [0.1, 0.15) is 10.3 Å². The summed E-state index contributed by atoms with van der Waals surface area (Å²) >= 11 is 1.43. The van der Waals surface area contributed by atoms with E-state index in [2.05, 4.69) is 25.8 Å². The summed E-state index contributed by atoms with van der Waals surface area (Å²) in [6.45, 7) is 13.0. The number of hydrogen-bond acceptors (Lipinski definition) is 5. The number of carbonyl (C=O) groups excluding carboxylic acids is 1. The number of sulfone groups is 1. The number of nitrogens with zero attached hydrogens (tertiary/aromatic N) is 1. The molecule has 1 atom stereocenters. The molecule has 0 aliphatic heterocycles. The Balaban J connectivity index is 3.01. The Bertz CT molecular complexity index is 622. The largest absolute Gasteiger partial charge is 0.298 e. The number of hydrogen-bond donors (Lipinski definition) is 0. The third-order valence-electron chi connectivity index (χ3n) is 3.58. The Kier molecular flexibility index (Phi) is 5.95. The predicted molar refractivity (Wildman–Crippen MR) is 92.2 cm³/mol. The van der Waals surface area contributed by atoms with Crippen molar-refractivity contribution in [3.8, 4) is 0 Å². The minimum absolute atomic E-state index is 0.0702. The van der Waals surface area contributed by atoms with Gasteiger partial charge in [0.2, 0.25) is 0 Å². The quantitative estimate of drug-likeness (QED) is 0.792. The third-order valence-corrected chi connectivity index (χ3v) is 7.26. The van der Waals surface area contributed by atoms with Crippen LogP contribution in [0, 0.1) is 5.92 Å². The molecule has 0 saturated carbocycles. The van der Waals surface area contributed by atoms with Gasteiger partial charge in [-0.1, -0.05) is 34.6 Å². The minimum Gasteiger partial charge on any atom is -0.298 e. The fourth-order valence-electron chi connectivity index (χ4n) is 2.21. The van der Waals surface area contributed by atoms with Gasteiger partial charge < -0.3 is 0 Å². The van der Waals surface area contributed by atoms with E-state index in [-0.39, 0.29) is 23.5 Å². The smallest absolute Gasteiger partial charge is 0.162 e. The van der Waals surface area contributed by atoms with E-state index in [1.165, 1.54) is 11.3 Å². The summed E-state index contributed by atoms with van der Waals surface area (Å²) in [5.74, 6) is -0.486. The fourth-order valence-corrected chi connectivity index (χ4v) is 5.04. The van der Waals surface area contributed by atoms with Crippen LogP contribution >= 0.6 is 11.3 Å². The van der Waals surface area contributed by atoms with Crippen LogP contribution in [0.15, 0.2) is 5.38 Å². The molecule has 4 nitrogen and oxygen atoms in total. The first-order chi connectivity index (χ1) is 9.87. The predicted octanol–water partition coefficient (Wildman–Crippen LogP) is 3.40. The highest BCUT2D eigenvalue weighted by Gasteiger charge is 2.37. The first-order valence-corrected chi connectivity index (χ1v) is 10.1. The normalized spacial score (nSPS) is 14.6. The zero-order valence-corrected chi connectivity index (χ0v) is 16.1. The summed E-state index contributed by atoms with van der Waals surface area (Å²) in [5.41, 5.74) is 0.868. The highest BCUT2D eigenvalue weighted by Crippen LogP contribution is 2.26. The second-order valence-electron chi connectivity index (χ2n) is 7.32. The summed E-state index contributed by atoms with van der Waals surface area (Å²) in [6, 6.07) is 0. The van der Waals surface area contributed by atoms with E-state index in [1.807, 2.05) is 5.38 Å². The van der Waals surface area contributed by atoms with Gasteiger partial charge in [-0.2, -0.15) is 0 Å². The lowest BCUT2D eigenvalue weighted by atomic mass is 9.93. The molecule has 1 unspecified atom stereocenters. The molecule has 6 heteroatoms. The van der Waals surface area contributed by atoms with Crippen LogP contribution in [0.1, 0.15) is 59.2 Å². The zero-order chi connectivity index (χ0) is 17.3. The maximum absolute atomic E-state index is 12.6. The second kappa shape index (κ2) is 6.79. The zero-order valence-electron chi connectivity index (χ0n) is 14.5. The third kappa shape index (κ3) is 4.38. The maximum atomic E-state index is 12.6. The van der Waals surface area contributed by atoms with Crippen LogP contribution in [-0.2, 0) is 26.5 Å². The van der Waals surface area contributed by atoms with Crippen molar-refractivity contribution < 1.29 is 13.2 Å². The highest BCUT2D eigenvalue weighted by molar-refractivity contribution is 7.93. The number of rotatable bonds is 6. The molecule has 0 aromatic carbocycles. The molecule has 0 aliphatic carbocycles. The SMILES string of the molecule is CC(C)C(C(=O)Cc1nc(C(C)(C)C)cs1)S(=O)(=O)C(C)C. The topological polar surface area (TPSA) is 64.1 Å². The summed E-state index contributed by atoms with van der Waals surface area (Å²) in [6.07, 6.45) is 0.0928. The van der Waals surface area contributed by atoms with Gasteiger partial charge in [-0.05, 0) is 19.8 Å². The van der Waals surface area contributed by atoms with Crippen LogP contribution in [0.2, 0.25) is 0 Å². The summed E-state index contributed by atoms with van der Waals surface area (Å²) in [7, 11) is -3.45. The Hall–Kier alpha value is -0.750. The summed E-state index contributed by atoms with van der Waals surface area (Å²) in [5, 5.41) is 1.14. The van der Waals surface area contributed by atoms with Crippen molar-refractivity contribution in [3.05, 3.63) is 16.1 Å². The van der Waals surface area contributed by atoms with Gasteiger partial charge in [0.05, 0.1) is 17.4 Å². The molecule has 0 spiro atoms. The van der Waals surface area contributed by atoms with E-state index in [9.17, 15) is 13.2 Å². The summed E-state index contributed by atoms with van der Waals surface area (Å²) < 4.78 is 24.9. The van der Waals surface area contributed by atoms with Gasteiger partial charge in [-0.3, -0.25) is 4.79 Å². The van der Waals surface area contributed by atoms with Gasteiger partial charge in [-0.25, -0.2) is 13.4 Å². The maximum Gasteiger partial charge on any atom is 0.162 e. The van der Waals surface area contributed by atoms with E-state index in [1.54, 1.807) is 27.7 Å². The first kappa shape index (κ1) is 19.3. The highest BCUT2D eigenvalue weighted by atomic mass is 32.2. The minimum atomic E-state index is -3.45. The molecule has 0 amide bonds. The monoisotopic (exact) mass is 345 g/mol. The molecular weight excluding hydrogens is 318 g/mol. The molecule has 1 aromatic heterocycles. The van der Waals surface area contributed by atoms with Crippen molar-refractivity contribution >= 4 is 27.0 Å². The van der Waals surface area contributed by atoms with E-state index in [4.69, 9.17) is 0 Å². The van der Waals surface area contributed by atoms with Gasteiger partial charge >= 0.3 is 0 Å². The molecule has 0 saturated heterocycles. The van der Waals surface area contributed by atoms with Crippen molar-refractivity contribution in [2.24, 2.45) is 5.92 Å². The van der Waals surface area contributed by atoms with Gasteiger partial charge in [0.25, 0.3) is 0 Å². The van der Waals surface area contributed by atoms with E-state index in [0.717, 1.165) is 5.69 Å². The number of ketones is 1. The van der Waals surface area contributed by atoms with Crippen molar-refractivity contribution in [1.29, 1.82) is 0 Å². The van der Waals surface area contributed by atoms with Gasteiger partial charge in [0.15, 0.2) is 15.6 Å². The lowest BCUT2D eigenvalue weighted by Gasteiger charge is -2.22. The van der Waals surface area contributed by atoms with Crippen molar-refractivity contribution in [2.75, 3.05) is 0 Å². The van der Waals surface area contributed by atoms with Crippen LogP contribution in [0.25, 0.3) is 0 Å². The van der Waals surface area contributed by atoms with Crippen LogP contribution in [0.5, 0.6) is 0 Å². The standard InChI is InChI=1S/C16H27NO3S2/c1-10(2)15(22(19,20)11(3)4)12(18)8-14-17-13(9-21-14)16(5,6)7/h9-11,15H,8H2,1-7H3. The van der Waals surface area contributed by atoms with Crippen molar-refractivity contribution in [2.45, 2.75) is 70.8 Å². The summed E-state index contributed by atoms with van der Waals surface area (Å²) in [4.78, 5) is 17.0. The molecule has 22 heavy (non-hydrogen) atoms.